The first-order valence-electron chi connectivity index (χ1n) is 34.1. The zero-order valence-corrected chi connectivity index (χ0v) is 68.8. The normalized spacial score (nSPS) is 19.2. The quantitative estimate of drug-likeness (QED) is 0.0414. The van der Waals surface area contributed by atoms with Crippen LogP contribution in [-0.4, -0.2) is 276 Å². The number of aliphatic hydroxyl groups is 2. The second-order valence-corrected chi connectivity index (χ2v) is 32.5. The van der Waals surface area contributed by atoms with Gasteiger partial charge in [-0.15, -0.1) is 0 Å². The van der Waals surface area contributed by atoms with E-state index in [-0.39, 0.29) is 135 Å². The number of piperazine rings is 2. The second kappa shape index (κ2) is 43.3. The Hall–Kier alpha value is -5.18. The number of aliphatic hydroxyl groups excluding tert-OH is 2. The molecule has 4 N–H and O–H groups in total. The van der Waals surface area contributed by atoms with Crippen molar-refractivity contribution in [3.8, 4) is 0 Å². The number of carboxylic acids is 1. The first kappa shape index (κ1) is 97.9. The van der Waals surface area contributed by atoms with Gasteiger partial charge >= 0.3 is 95.7 Å². The minimum Gasteiger partial charge on any atom is -1.00 e. The van der Waals surface area contributed by atoms with Crippen molar-refractivity contribution < 1.29 is 132 Å². The van der Waals surface area contributed by atoms with Crippen molar-refractivity contribution in [2.45, 2.75) is 219 Å². The molecule has 7 heterocycles. The standard InChI is InChI=1S/C18H31N3O5.C14H24N2O3.C11H19N3O3.C7H13IO2.C7H14O3.C6H12O3.C6H10O2.CH4.Na.H/c1-17(2,3)26-16(24)20-9-10-21-13(12-20)11-19(15(21)23)8-7-18(4,5)14(22)25-6;1-14(2,12(17)19-3)7-9-15-10-11-6-4-5-8-16(11)13(15)18;1-11(2,3)17-10(16)13-4-5-14-8(7-13)6-12-9(14)15;2*1-7(2,4-5-8)6(9)10-3;1-6(2,3-4-7)5(8)9;1-6(2)3-4-8-5(6)7;;;/h13H,7-12H2,1-6H3;11H,4-10H2,1-3H3;8H,4-7H2,1-3H3,(H,12,15);4-5H2,1-3H3;8H,4-5H2,1-3H3;7H,3-4H2,1-2H3,(H,8,9);3-4H2,1-2H3;1H4;;/q;;;;;;;;+1;-1/t13-;11-;8-;;;;;;;/m101......./s1. The van der Waals surface area contributed by atoms with Crippen molar-refractivity contribution >= 4 is 88.7 Å². The summed E-state index contributed by atoms with van der Waals surface area (Å²) < 4.78 is 35.2. The molecule has 0 radical (unpaired) electrons. The number of carboxylic acid groups (broad SMARTS) is 1. The van der Waals surface area contributed by atoms with Crippen LogP contribution in [0, 0.1) is 32.5 Å². The van der Waals surface area contributed by atoms with Crippen LogP contribution in [0.15, 0.2) is 0 Å². The number of nitrogens with zero attached hydrogens (tertiary/aromatic N) is 7. The molecule has 7 aliphatic heterocycles. The number of carbonyl (C=O) groups is 11. The Morgan fingerprint density at radius 1 is 0.535 bits per heavy atom. The predicted octanol–water partition coefficient (Wildman–Crippen LogP) is 6.20. The van der Waals surface area contributed by atoms with E-state index >= 15 is 0 Å². The van der Waals surface area contributed by atoms with Crippen molar-refractivity contribution in [2.24, 2.45) is 32.5 Å². The summed E-state index contributed by atoms with van der Waals surface area (Å²) in [7, 11) is 5.56. The van der Waals surface area contributed by atoms with Crippen LogP contribution in [0.25, 0.3) is 0 Å². The van der Waals surface area contributed by atoms with Crippen LogP contribution in [0.2, 0.25) is 0 Å². The van der Waals surface area contributed by atoms with Crippen LogP contribution < -0.4 is 34.9 Å². The maximum atomic E-state index is 12.6. The van der Waals surface area contributed by atoms with E-state index in [2.05, 4.69) is 37.4 Å². The predicted molar refractivity (Wildman–Crippen MR) is 386 cm³/mol. The van der Waals surface area contributed by atoms with Crippen molar-refractivity contribution in [3.63, 3.8) is 0 Å². The number of fused-ring (bicyclic) bond motifs is 3. The molecule has 0 unspecified atom stereocenters. The zero-order valence-electron chi connectivity index (χ0n) is 65.6. The van der Waals surface area contributed by atoms with E-state index in [9.17, 15) is 52.7 Å². The molecule has 101 heavy (non-hydrogen) atoms. The largest absolute Gasteiger partial charge is 1.00 e. The fraction of sp³-hybridized carbons (Fsp3) is 0.843. The zero-order chi connectivity index (χ0) is 76.5. The van der Waals surface area contributed by atoms with Crippen molar-refractivity contribution in [3.05, 3.63) is 0 Å². The van der Waals surface area contributed by atoms with E-state index in [1.54, 1.807) is 47.3 Å². The Labute approximate surface area is 639 Å². The minimum atomic E-state index is -0.864. The summed E-state index contributed by atoms with van der Waals surface area (Å²) in [5.74, 6) is -1.81. The van der Waals surface area contributed by atoms with Gasteiger partial charge in [0.25, 0.3) is 0 Å². The molecule has 0 saturated carbocycles. The number of carbonyl (C=O) groups excluding carboxylic acids is 10. The van der Waals surface area contributed by atoms with Gasteiger partial charge in [0.2, 0.25) is 0 Å². The second-order valence-electron chi connectivity index (χ2n) is 31.4. The van der Waals surface area contributed by atoms with Crippen molar-refractivity contribution in [1.82, 2.24) is 39.6 Å². The van der Waals surface area contributed by atoms with Gasteiger partial charge in [-0.25, -0.2) is 24.0 Å². The molecule has 31 heteroatoms. The number of esters is 5. The van der Waals surface area contributed by atoms with Gasteiger partial charge in [-0.1, -0.05) is 30.0 Å². The number of rotatable bonds is 17. The van der Waals surface area contributed by atoms with Crippen molar-refractivity contribution in [1.29, 1.82) is 0 Å². The molecule has 0 spiro atoms. The Balaban J connectivity index is -0.00000116. The van der Waals surface area contributed by atoms with Crippen LogP contribution in [0.4, 0.5) is 24.0 Å². The Morgan fingerprint density at radius 3 is 1.25 bits per heavy atom. The number of ether oxygens (including phenoxy) is 7. The average molecular weight is 1570 g/mol. The molecule has 7 aliphatic rings. The van der Waals surface area contributed by atoms with E-state index < -0.39 is 38.8 Å². The monoisotopic (exact) mass is 1570 g/mol. The number of cyclic esters (lactones) is 1. The molecule has 582 valence electrons. The molecule has 29 nitrogen and oxygen atoms in total. The molecule has 0 aromatic rings. The van der Waals surface area contributed by atoms with E-state index in [0.29, 0.717) is 104 Å². The van der Waals surface area contributed by atoms with Gasteiger partial charge in [0.15, 0.2) is 0 Å². The number of amides is 8. The van der Waals surface area contributed by atoms with Crippen LogP contribution in [0.3, 0.4) is 0 Å². The summed E-state index contributed by atoms with van der Waals surface area (Å²) in [6.45, 7) is 40.4. The molecular weight excluding hydrogens is 1440 g/mol. The van der Waals surface area contributed by atoms with Crippen LogP contribution >= 0.6 is 22.6 Å². The SMILES string of the molecule is C.CC(C)(C)OC(=O)N1CCN2C(=O)NC[C@@H]2C1.CC(C)(CCO)C(=O)O.CC1(C)CCOC1=O.COC(=O)C(C)(C)CCI.COC(=O)C(C)(C)CCN1C[C@@H]2CCCCN2C1=O.COC(=O)C(C)(C)CCN1C[C@@H]2CN(C(=O)OC(C)(C)C)CCN2C1=O.COC(=O)C(C)(C)CCO.[H-].[Na+]. The number of halogens is 1. The number of hydrogen-bond acceptors (Lipinski definition) is 20. The Kier molecular flexibility index (Phi) is 42.0. The van der Waals surface area contributed by atoms with Gasteiger partial charge in [-0.3, -0.25) is 28.8 Å². The maximum Gasteiger partial charge on any atom is 1.00 e. The van der Waals surface area contributed by atoms with Crippen LogP contribution in [0.5, 0.6) is 0 Å². The Bertz CT molecular complexity index is 2660. The van der Waals surface area contributed by atoms with Crippen LogP contribution in [-0.2, 0) is 61.9 Å². The molecule has 0 bridgehead atoms. The first-order chi connectivity index (χ1) is 45.5. The number of piperidine rings is 1. The average Bonchev–Trinajstić information content (AvgIpc) is 1.65. The third-order valence-corrected chi connectivity index (χ3v) is 18.3. The molecule has 0 aromatic heterocycles. The van der Waals surface area contributed by atoms with Gasteiger partial charge in [0.1, 0.15) is 11.2 Å². The maximum absolute atomic E-state index is 12.6. The number of alkyl halides is 1. The summed E-state index contributed by atoms with van der Waals surface area (Å²) in [6, 6.07) is 0.528. The Morgan fingerprint density at radius 2 is 0.911 bits per heavy atom. The number of aliphatic carboxylic acids is 1. The van der Waals surface area contributed by atoms with Gasteiger partial charge in [0.05, 0.1) is 85.7 Å². The fourth-order valence-corrected chi connectivity index (χ4v) is 12.0. The van der Waals surface area contributed by atoms with Crippen molar-refractivity contribution in [2.75, 3.05) is 131 Å². The number of methoxy groups -OCH3 is 4. The first-order valence-corrected chi connectivity index (χ1v) is 35.6. The van der Waals surface area contributed by atoms with Gasteiger partial charge in [-0.2, -0.15) is 0 Å². The summed E-state index contributed by atoms with van der Waals surface area (Å²) in [5.41, 5.74) is -4.03. The summed E-state index contributed by atoms with van der Waals surface area (Å²) >= 11 is 2.25. The number of urea groups is 3. The minimum absolute atomic E-state index is 0. The van der Waals surface area contributed by atoms with Crippen LogP contribution in [0.1, 0.15) is 191 Å². The van der Waals surface area contributed by atoms with E-state index in [4.69, 9.17) is 39.0 Å². The molecule has 0 aromatic carbocycles. The molecular formula is C70H128IN8NaO21. The molecule has 7 rings (SSSR count). The number of nitrogens with one attached hydrogen (secondary N) is 1. The summed E-state index contributed by atoms with van der Waals surface area (Å²) in [4.78, 5) is 139. The number of hydrogen-bond donors (Lipinski definition) is 4. The third-order valence-electron chi connectivity index (χ3n) is 17.8. The third kappa shape index (κ3) is 32.8. The molecule has 7 saturated heterocycles. The fourth-order valence-electron chi connectivity index (χ4n) is 10.6. The smallest absolute Gasteiger partial charge is 1.00 e. The van der Waals surface area contributed by atoms with E-state index in [1.807, 2.05) is 112 Å². The summed E-state index contributed by atoms with van der Waals surface area (Å²) in [5, 5.41) is 28.2. The molecule has 3 atom stereocenters. The van der Waals surface area contributed by atoms with Gasteiger partial charge < -0.3 is 89.5 Å². The van der Waals surface area contributed by atoms with Gasteiger partial charge in [-0.05, 0) is 182 Å². The summed E-state index contributed by atoms with van der Waals surface area (Å²) in [6.07, 6.45) is 6.48. The topological polar surface area (TPSA) is 348 Å². The van der Waals surface area contributed by atoms with E-state index in [1.165, 1.54) is 34.9 Å². The molecule has 8 amide bonds. The van der Waals surface area contributed by atoms with Gasteiger partial charge in [0, 0.05) is 96.2 Å². The van der Waals surface area contributed by atoms with E-state index in [0.717, 1.165) is 43.2 Å². The molecule has 7 fully saturated rings. The molecule has 0 aliphatic carbocycles.